The molecule has 4 rings (SSSR count). The van der Waals surface area contributed by atoms with Crippen LogP contribution in [-0.4, -0.2) is 54.8 Å². The van der Waals surface area contributed by atoms with Gasteiger partial charge in [0.05, 0.1) is 27.5 Å². The summed E-state index contributed by atoms with van der Waals surface area (Å²) in [7, 11) is -3.08. The molecule has 39 heavy (non-hydrogen) atoms. The second-order valence-electron chi connectivity index (χ2n) is 8.90. The average molecular weight is 588 g/mol. The predicted molar refractivity (Wildman–Crippen MR) is 155 cm³/mol. The van der Waals surface area contributed by atoms with Crippen LogP contribution in [0.3, 0.4) is 0 Å². The van der Waals surface area contributed by atoms with Crippen molar-refractivity contribution in [2.24, 2.45) is 0 Å². The van der Waals surface area contributed by atoms with Crippen LogP contribution in [0.2, 0.25) is 0 Å². The van der Waals surface area contributed by atoms with Crippen molar-refractivity contribution >= 4 is 58.8 Å². The number of carbonyl (C=O) groups excluding carboxylic acids is 1. The molecule has 0 bridgehead atoms. The first-order valence-electron chi connectivity index (χ1n) is 11.9. The van der Waals surface area contributed by atoms with E-state index in [4.69, 9.17) is 4.74 Å². The van der Waals surface area contributed by atoms with E-state index in [-0.39, 0.29) is 16.3 Å². The number of hydrogen-bond acceptors (Lipinski definition) is 7. The van der Waals surface area contributed by atoms with Gasteiger partial charge in [-0.2, -0.15) is 0 Å². The topological polar surface area (TPSA) is 113 Å². The molecule has 4 aromatic rings. The first-order chi connectivity index (χ1) is 18.4. The van der Waals surface area contributed by atoms with Gasteiger partial charge in [0.1, 0.15) is 5.75 Å². The number of nitrogens with zero attached hydrogens (tertiary/aromatic N) is 2. The lowest BCUT2D eigenvalue weighted by Crippen LogP contribution is -2.30. The monoisotopic (exact) mass is 587 g/mol. The summed E-state index contributed by atoms with van der Waals surface area (Å²) in [5, 5.41) is 3.53. The van der Waals surface area contributed by atoms with Crippen molar-refractivity contribution in [3.63, 3.8) is 0 Å². The van der Waals surface area contributed by atoms with Gasteiger partial charge in [-0.25, -0.2) is 21.1 Å². The van der Waals surface area contributed by atoms with Crippen LogP contribution < -0.4 is 14.4 Å². The molecule has 0 aliphatic carbocycles. The minimum atomic E-state index is -3.83. The molecule has 0 saturated heterocycles. The van der Waals surface area contributed by atoms with Gasteiger partial charge in [0.15, 0.2) is 0 Å². The van der Waals surface area contributed by atoms with Crippen molar-refractivity contribution in [1.29, 1.82) is 0 Å². The normalized spacial score (nSPS) is 12.1. The van der Waals surface area contributed by atoms with Crippen LogP contribution in [0.5, 0.6) is 5.75 Å². The number of fused-ring (bicyclic) bond motifs is 1. The van der Waals surface area contributed by atoms with Crippen molar-refractivity contribution in [1.82, 2.24) is 4.31 Å². The summed E-state index contributed by atoms with van der Waals surface area (Å²) >= 11 is 1.26. The molecule has 1 aromatic heterocycles. The molecule has 0 saturated carbocycles. The van der Waals surface area contributed by atoms with Crippen molar-refractivity contribution in [3.05, 3.63) is 77.2 Å². The number of nitrogens with one attached hydrogen (secondary N) is 1. The largest absolute Gasteiger partial charge is 0.497 e. The van der Waals surface area contributed by atoms with Crippen molar-refractivity contribution < 1.29 is 26.4 Å². The third-order valence-electron chi connectivity index (χ3n) is 6.18. The summed E-state index contributed by atoms with van der Waals surface area (Å²) in [6, 6.07) is 17.7. The standard InChI is InChI=1S/C27H29N3O6S3/c1-6-30(39(34,35)22-12-9-21(36-5)10-13-22)20-8-14-25-19(15-20)16-26(37-25)27(31)28-24-17-23(11-7-18(24)2)38(32,33)29(3)4/h7-17H,6H2,1-5H3,(H,28,31). The van der Waals surface area contributed by atoms with Gasteiger partial charge in [-0.15, -0.1) is 11.3 Å². The highest BCUT2D eigenvalue weighted by Crippen LogP contribution is 2.33. The Hall–Kier alpha value is -3.45. The molecular formula is C27H29N3O6S3. The number of amides is 1. The highest BCUT2D eigenvalue weighted by atomic mass is 32.2. The molecule has 0 radical (unpaired) electrons. The van der Waals surface area contributed by atoms with Crippen LogP contribution >= 0.6 is 11.3 Å². The number of thiophene rings is 1. The van der Waals surface area contributed by atoms with E-state index in [0.29, 0.717) is 33.0 Å². The maximum atomic E-state index is 13.4. The van der Waals surface area contributed by atoms with Crippen LogP contribution in [0.1, 0.15) is 22.2 Å². The zero-order chi connectivity index (χ0) is 28.5. The number of anilines is 2. The number of sulfonamides is 2. The molecule has 206 valence electrons. The van der Waals surface area contributed by atoms with Crippen LogP contribution in [0.15, 0.2) is 76.5 Å². The Kier molecular flexibility index (Phi) is 8.03. The molecule has 0 spiro atoms. The molecule has 0 fully saturated rings. The lowest BCUT2D eigenvalue weighted by Gasteiger charge is -2.23. The molecule has 9 nitrogen and oxygen atoms in total. The summed E-state index contributed by atoms with van der Waals surface area (Å²) in [4.78, 5) is 13.8. The van der Waals surface area contributed by atoms with E-state index in [0.717, 1.165) is 9.01 Å². The first-order valence-corrected chi connectivity index (χ1v) is 15.6. The van der Waals surface area contributed by atoms with Crippen molar-refractivity contribution in [2.45, 2.75) is 23.6 Å². The van der Waals surface area contributed by atoms with Crippen LogP contribution in [0.25, 0.3) is 10.1 Å². The van der Waals surface area contributed by atoms with Gasteiger partial charge in [-0.1, -0.05) is 6.07 Å². The zero-order valence-electron chi connectivity index (χ0n) is 22.1. The lowest BCUT2D eigenvalue weighted by molar-refractivity contribution is 0.103. The van der Waals surface area contributed by atoms with Gasteiger partial charge in [0, 0.05) is 31.0 Å². The maximum Gasteiger partial charge on any atom is 0.265 e. The predicted octanol–water partition coefficient (Wildman–Crippen LogP) is 4.94. The number of methoxy groups -OCH3 is 1. The average Bonchev–Trinajstić information content (AvgIpc) is 3.34. The minimum Gasteiger partial charge on any atom is -0.497 e. The van der Waals surface area contributed by atoms with Crippen LogP contribution in [0, 0.1) is 6.92 Å². The molecule has 0 atom stereocenters. The fourth-order valence-corrected chi connectivity index (χ4v) is 7.29. The Labute approximate surface area is 232 Å². The minimum absolute atomic E-state index is 0.0760. The van der Waals surface area contributed by atoms with E-state index >= 15 is 0 Å². The highest BCUT2D eigenvalue weighted by molar-refractivity contribution is 7.92. The fraction of sp³-hybridized carbons (Fsp3) is 0.222. The van der Waals surface area contributed by atoms with Gasteiger partial charge < -0.3 is 10.1 Å². The number of hydrogen-bond donors (Lipinski definition) is 1. The second kappa shape index (κ2) is 11.0. The maximum absolute atomic E-state index is 13.4. The zero-order valence-corrected chi connectivity index (χ0v) is 24.6. The Bertz CT molecular complexity index is 1750. The van der Waals surface area contributed by atoms with Gasteiger partial charge in [-0.05, 0) is 85.5 Å². The number of carbonyl (C=O) groups is 1. The summed E-state index contributed by atoms with van der Waals surface area (Å²) in [6.45, 7) is 3.75. The van der Waals surface area contributed by atoms with Crippen molar-refractivity contribution in [3.8, 4) is 5.75 Å². The summed E-state index contributed by atoms with van der Waals surface area (Å²) < 4.78 is 60.2. The van der Waals surface area contributed by atoms with Gasteiger partial charge >= 0.3 is 0 Å². The SMILES string of the molecule is CCN(c1ccc2sc(C(=O)Nc3cc(S(=O)(=O)N(C)C)ccc3C)cc2c1)S(=O)(=O)c1ccc(OC)cc1. The molecule has 0 aliphatic heterocycles. The van der Waals surface area contributed by atoms with E-state index in [2.05, 4.69) is 5.32 Å². The van der Waals surface area contributed by atoms with E-state index in [1.54, 1.807) is 56.3 Å². The summed E-state index contributed by atoms with van der Waals surface area (Å²) in [5.41, 5.74) is 1.58. The smallest absolute Gasteiger partial charge is 0.265 e. The third-order valence-corrected chi connectivity index (χ3v) is 11.0. The van der Waals surface area contributed by atoms with Gasteiger partial charge in [0.2, 0.25) is 10.0 Å². The lowest BCUT2D eigenvalue weighted by atomic mass is 10.2. The Balaban J connectivity index is 1.63. The van der Waals surface area contributed by atoms with Crippen LogP contribution in [-0.2, 0) is 20.0 Å². The Morgan fingerprint density at radius 2 is 1.56 bits per heavy atom. The van der Waals surface area contributed by atoms with E-state index < -0.39 is 26.0 Å². The number of ether oxygens (including phenoxy) is 1. The Morgan fingerprint density at radius 1 is 0.897 bits per heavy atom. The molecule has 12 heteroatoms. The van der Waals surface area contributed by atoms with Crippen molar-refractivity contribution in [2.75, 3.05) is 37.4 Å². The van der Waals surface area contributed by atoms with Crippen LogP contribution in [0.4, 0.5) is 11.4 Å². The molecule has 0 unspecified atom stereocenters. The Morgan fingerprint density at radius 3 is 2.18 bits per heavy atom. The molecular weight excluding hydrogens is 559 g/mol. The fourth-order valence-electron chi connectivity index (χ4n) is 3.95. The molecule has 1 N–H and O–H groups in total. The van der Waals surface area contributed by atoms with E-state index in [1.165, 1.54) is 61.1 Å². The number of aryl methyl sites for hydroxylation is 1. The summed E-state index contributed by atoms with van der Waals surface area (Å²) in [6.07, 6.45) is 0. The first kappa shape index (κ1) is 28.6. The third kappa shape index (κ3) is 5.64. The van der Waals surface area contributed by atoms with Gasteiger partial charge in [0.25, 0.3) is 15.9 Å². The molecule has 1 amide bonds. The van der Waals surface area contributed by atoms with Gasteiger partial charge in [-0.3, -0.25) is 9.10 Å². The molecule has 1 heterocycles. The highest BCUT2D eigenvalue weighted by Gasteiger charge is 2.25. The molecule has 0 aliphatic rings. The van der Waals surface area contributed by atoms with E-state index in [1.807, 2.05) is 0 Å². The number of benzene rings is 3. The summed E-state index contributed by atoms with van der Waals surface area (Å²) in [5.74, 6) is 0.169. The quantitative estimate of drug-likeness (QED) is 0.297. The number of rotatable bonds is 9. The second-order valence-corrected chi connectivity index (χ2v) is 14.0. The molecule has 3 aromatic carbocycles. The van der Waals surface area contributed by atoms with E-state index in [9.17, 15) is 21.6 Å².